The van der Waals surface area contributed by atoms with Gasteiger partial charge >= 0.3 is 0 Å². The molecule has 1 amide bonds. The summed E-state index contributed by atoms with van der Waals surface area (Å²) in [6.07, 6.45) is 1.73. The minimum absolute atomic E-state index is 0.443. The van der Waals surface area contributed by atoms with Crippen molar-refractivity contribution in [2.45, 2.75) is 0 Å². The van der Waals surface area contributed by atoms with Gasteiger partial charge in [0.25, 0.3) is 0 Å². The van der Waals surface area contributed by atoms with Crippen LogP contribution in [0.15, 0.2) is 54.7 Å². The lowest BCUT2D eigenvalue weighted by molar-refractivity contribution is 0.100. The van der Waals surface area contributed by atoms with Crippen molar-refractivity contribution in [2.75, 3.05) is 20.3 Å². The van der Waals surface area contributed by atoms with E-state index in [1.807, 2.05) is 43.4 Å². The van der Waals surface area contributed by atoms with Gasteiger partial charge in [0.1, 0.15) is 12.4 Å². The molecule has 0 aliphatic rings. The van der Waals surface area contributed by atoms with Crippen LogP contribution in [0.1, 0.15) is 10.4 Å². The Morgan fingerprint density at radius 3 is 2.62 bits per heavy atom. The molecular weight excluding hydrogens is 330 g/mol. The van der Waals surface area contributed by atoms with Gasteiger partial charge in [0.05, 0.1) is 12.3 Å². The molecule has 0 spiro atoms. The summed E-state index contributed by atoms with van der Waals surface area (Å²) in [6.45, 7) is 0.940. The van der Waals surface area contributed by atoms with Gasteiger partial charge in [-0.2, -0.15) is 5.10 Å². The van der Waals surface area contributed by atoms with Crippen molar-refractivity contribution in [1.82, 2.24) is 9.78 Å². The van der Waals surface area contributed by atoms with Crippen molar-refractivity contribution < 1.29 is 14.3 Å². The summed E-state index contributed by atoms with van der Waals surface area (Å²) in [6, 6.07) is 15.0. The number of hydrogen-bond acceptors (Lipinski definition) is 4. The number of benzene rings is 2. The first-order valence-corrected chi connectivity index (χ1v) is 8.25. The quantitative estimate of drug-likeness (QED) is 0.664. The van der Waals surface area contributed by atoms with E-state index in [4.69, 9.17) is 15.2 Å². The summed E-state index contributed by atoms with van der Waals surface area (Å²) in [5, 5.41) is 4.24. The van der Waals surface area contributed by atoms with E-state index in [-0.39, 0.29) is 0 Å². The molecule has 0 fully saturated rings. The number of ether oxygens (including phenoxy) is 2. The molecule has 6 heteroatoms. The van der Waals surface area contributed by atoms with Crippen LogP contribution in [0, 0.1) is 0 Å². The number of carbonyl (C=O) groups excluding carboxylic acids is 1. The van der Waals surface area contributed by atoms with Crippen LogP contribution in [0.2, 0.25) is 0 Å². The zero-order valence-corrected chi connectivity index (χ0v) is 14.8. The van der Waals surface area contributed by atoms with Gasteiger partial charge < -0.3 is 15.2 Å². The van der Waals surface area contributed by atoms with Crippen LogP contribution in [0.5, 0.6) is 5.75 Å². The molecule has 0 radical (unpaired) electrons. The first kappa shape index (κ1) is 17.7. The molecule has 26 heavy (non-hydrogen) atoms. The molecule has 1 aromatic heterocycles. The Balaban J connectivity index is 2.10. The fourth-order valence-electron chi connectivity index (χ4n) is 2.85. The molecule has 3 rings (SSSR count). The summed E-state index contributed by atoms with van der Waals surface area (Å²) < 4.78 is 12.7. The molecule has 134 valence electrons. The molecule has 0 aliphatic carbocycles. The molecule has 6 nitrogen and oxygen atoms in total. The number of methoxy groups -OCH3 is 1. The Morgan fingerprint density at radius 1 is 1.12 bits per heavy atom. The van der Waals surface area contributed by atoms with E-state index in [1.54, 1.807) is 30.1 Å². The van der Waals surface area contributed by atoms with Crippen LogP contribution < -0.4 is 10.5 Å². The van der Waals surface area contributed by atoms with Gasteiger partial charge in [0.2, 0.25) is 5.91 Å². The molecule has 0 saturated carbocycles. The summed E-state index contributed by atoms with van der Waals surface area (Å²) in [5.74, 6) is 0.272. The Labute approximate surface area is 152 Å². The van der Waals surface area contributed by atoms with Gasteiger partial charge in [0, 0.05) is 31.5 Å². The topological polar surface area (TPSA) is 79.4 Å². The van der Waals surface area contributed by atoms with E-state index in [9.17, 15) is 4.79 Å². The molecule has 0 bridgehead atoms. The van der Waals surface area contributed by atoms with E-state index in [0.717, 1.165) is 28.1 Å². The SMILES string of the molecule is COCCOc1ccc(-c2ccccc2C(N)=O)cc1-c1ccnn1C. The second kappa shape index (κ2) is 7.84. The van der Waals surface area contributed by atoms with Gasteiger partial charge in [-0.05, 0) is 35.4 Å². The molecule has 2 N–H and O–H groups in total. The maximum absolute atomic E-state index is 11.8. The van der Waals surface area contributed by atoms with E-state index in [1.165, 1.54) is 0 Å². The number of aromatic nitrogens is 2. The lowest BCUT2D eigenvalue weighted by Gasteiger charge is -2.14. The summed E-state index contributed by atoms with van der Waals surface area (Å²) in [7, 11) is 3.51. The number of aryl methyl sites for hydroxylation is 1. The molecule has 1 heterocycles. The zero-order valence-electron chi connectivity index (χ0n) is 14.8. The van der Waals surface area contributed by atoms with Crippen LogP contribution in [-0.4, -0.2) is 36.0 Å². The summed E-state index contributed by atoms with van der Waals surface area (Å²) >= 11 is 0. The molecule has 0 aliphatic heterocycles. The van der Waals surface area contributed by atoms with Crippen molar-refractivity contribution in [1.29, 1.82) is 0 Å². The van der Waals surface area contributed by atoms with Gasteiger partial charge in [-0.25, -0.2) is 0 Å². The number of rotatable bonds is 7. The number of primary amides is 1. The average molecular weight is 351 g/mol. The minimum atomic E-state index is -0.455. The smallest absolute Gasteiger partial charge is 0.249 e. The highest BCUT2D eigenvalue weighted by atomic mass is 16.5. The summed E-state index contributed by atoms with van der Waals surface area (Å²) in [5.41, 5.74) is 9.48. The number of nitrogens with zero attached hydrogens (tertiary/aromatic N) is 2. The van der Waals surface area contributed by atoms with Gasteiger partial charge in [-0.15, -0.1) is 0 Å². The molecular formula is C20H21N3O3. The van der Waals surface area contributed by atoms with Crippen LogP contribution in [0.25, 0.3) is 22.4 Å². The Morgan fingerprint density at radius 2 is 1.92 bits per heavy atom. The number of amides is 1. The first-order valence-electron chi connectivity index (χ1n) is 8.25. The monoisotopic (exact) mass is 351 g/mol. The van der Waals surface area contributed by atoms with E-state index >= 15 is 0 Å². The van der Waals surface area contributed by atoms with Crippen molar-refractivity contribution in [3.8, 4) is 28.1 Å². The second-order valence-corrected chi connectivity index (χ2v) is 5.80. The predicted molar refractivity (Wildman–Crippen MR) is 100.0 cm³/mol. The van der Waals surface area contributed by atoms with E-state index in [0.29, 0.717) is 18.8 Å². The maximum Gasteiger partial charge on any atom is 0.249 e. The number of nitrogens with two attached hydrogens (primary N) is 1. The van der Waals surface area contributed by atoms with Crippen molar-refractivity contribution in [2.24, 2.45) is 12.8 Å². The fraction of sp³-hybridized carbons (Fsp3) is 0.200. The molecule has 0 atom stereocenters. The van der Waals surface area contributed by atoms with E-state index < -0.39 is 5.91 Å². The van der Waals surface area contributed by atoms with Crippen molar-refractivity contribution in [3.63, 3.8) is 0 Å². The first-order chi connectivity index (χ1) is 12.6. The number of hydrogen-bond donors (Lipinski definition) is 1. The van der Waals surface area contributed by atoms with Crippen LogP contribution in [0.3, 0.4) is 0 Å². The highest BCUT2D eigenvalue weighted by Crippen LogP contribution is 2.35. The molecule has 2 aromatic carbocycles. The second-order valence-electron chi connectivity index (χ2n) is 5.80. The molecule has 3 aromatic rings. The maximum atomic E-state index is 11.8. The van der Waals surface area contributed by atoms with Gasteiger partial charge in [-0.3, -0.25) is 9.48 Å². The third-order valence-corrected chi connectivity index (χ3v) is 4.12. The lowest BCUT2D eigenvalue weighted by Crippen LogP contribution is -2.12. The minimum Gasteiger partial charge on any atom is -0.490 e. The van der Waals surface area contributed by atoms with Crippen molar-refractivity contribution in [3.05, 3.63) is 60.3 Å². The normalized spacial score (nSPS) is 10.7. The lowest BCUT2D eigenvalue weighted by atomic mass is 9.96. The van der Waals surface area contributed by atoms with Crippen LogP contribution in [0.4, 0.5) is 0 Å². The Kier molecular flexibility index (Phi) is 5.34. The predicted octanol–water partition coefficient (Wildman–Crippen LogP) is 2.88. The highest BCUT2D eigenvalue weighted by Gasteiger charge is 2.15. The van der Waals surface area contributed by atoms with Gasteiger partial charge in [0.15, 0.2) is 0 Å². The summed E-state index contributed by atoms with van der Waals surface area (Å²) in [4.78, 5) is 11.8. The van der Waals surface area contributed by atoms with Gasteiger partial charge in [-0.1, -0.05) is 24.3 Å². The fourth-order valence-corrected chi connectivity index (χ4v) is 2.85. The largest absolute Gasteiger partial charge is 0.490 e. The Hall–Kier alpha value is -3.12. The van der Waals surface area contributed by atoms with Crippen LogP contribution >= 0.6 is 0 Å². The average Bonchev–Trinajstić information content (AvgIpc) is 3.08. The molecule has 0 unspecified atom stereocenters. The molecule has 0 saturated heterocycles. The van der Waals surface area contributed by atoms with Crippen molar-refractivity contribution >= 4 is 5.91 Å². The van der Waals surface area contributed by atoms with Crippen LogP contribution in [-0.2, 0) is 11.8 Å². The Bertz CT molecular complexity index is 918. The highest BCUT2D eigenvalue weighted by molar-refractivity contribution is 6.00. The zero-order chi connectivity index (χ0) is 18.5. The third kappa shape index (κ3) is 3.60. The standard InChI is InChI=1S/C20H21N3O3/c1-23-18(9-10-22-23)17-13-14(7-8-19(17)26-12-11-25-2)15-5-3-4-6-16(15)20(21)24/h3-10,13H,11-12H2,1-2H3,(H2,21,24). The number of carbonyl (C=O) groups is 1. The van der Waals surface area contributed by atoms with E-state index in [2.05, 4.69) is 5.10 Å². The third-order valence-electron chi connectivity index (χ3n) is 4.12.